The second kappa shape index (κ2) is 7.59. The first-order valence-electron chi connectivity index (χ1n) is 6.35. The minimum absolute atomic E-state index is 0.00140. The third kappa shape index (κ3) is 3.98. The summed E-state index contributed by atoms with van der Waals surface area (Å²) in [4.78, 5) is 30.4. The molecule has 3 N–H and O–H groups in total. The maximum atomic E-state index is 12.2. The molecule has 0 unspecified atom stereocenters. The predicted octanol–water partition coefficient (Wildman–Crippen LogP) is 2.63. The molecule has 0 aliphatic carbocycles. The van der Waals surface area contributed by atoms with Crippen molar-refractivity contribution in [1.29, 1.82) is 0 Å². The van der Waals surface area contributed by atoms with Crippen LogP contribution in [-0.2, 0) is 4.74 Å². The van der Waals surface area contributed by atoms with Gasteiger partial charge in [0.1, 0.15) is 0 Å². The number of nitrogens with zero attached hydrogens (tertiary/aromatic N) is 1. The Balaban J connectivity index is 2.19. The lowest BCUT2D eigenvalue weighted by Gasteiger charge is -2.12. The number of H-pyrrole nitrogens is 1. The van der Waals surface area contributed by atoms with Crippen molar-refractivity contribution in [2.75, 3.05) is 23.1 Å². The van der Waals surface area contributed by atoms with E-state index in [4.69, 9.17) is 0 Å². The second-order valence-electron chi connectivity index (χ2n) is 4.41. The molecule has 1 aromatic carbocycles. The Morgan fingerprint density at radius 2 is 2.09 bits per heavy atom. The number of halogens is 2. The average molecular weight is 434 g/mol. The van der Waals surface area contributed by atoms with Crippen LogP contribution in [-0.4, -0.2) is 45.8 Å². The van der Waals surface area contributed by atoms with Gasteiger partial charge in [-0.05, 0) is 18.2 Å². The molecule has 0 fully saturated rings. The lowest BCUT2D eigenvalue weighted by Crippen LogP contribution is -2.37. The standard InChI is InChI=1S/C13H14Br2N4O3/c1-22-13(21)19-12-17-9-3-2-7(4-10(9)18-12)11(20)16-8(5-14)6-15/h2-4,8H,5-6H2,1H3,(H,16,20)(H2,17,18,19,21). The third-order valence-corrected chi connectivity index (χ3v) is 4.42. The molecular formula is C13H14Br2N4O3. The number of nitrogens with one attached hydrogen (secondary N) is 3. The van der Waals surface area contributed by atoms with E-state index in [1.807, 2.05) is 0 Å². The molecule has 22 heavy (non-hydrogen) atoms. The normalized spacial score (nSPS) is 10.7. The summed E-state index contributed by atoms with van der Waals surface area (Å²) in [7, 11) is 1.27. The average Bonchev–Trinajstić information content (AvgIpc) is 2.93. The molecule has 0 radical (unpaired) electrons. The summed E-state index contributed by atoms with van der Waals surface area (Å²) >= 11 is 6.67. The highest BCUT2D eigenvalue weighted by Gasteiger charge is 2.13. The molecular weight excluding hydrogens is 420 g/mol. The maximum Gasteiger partial charge on any atom is 0.413 e. The van der Waals surface area contributed by atoms with Gasteiger partial charge < -0.3 is 15.0 Å². The van der Waals surface area contributed by atoms with Crippen molar-refractivity contribution >= 4 is 60.8 Å². The monoisotopic (exact) mass is 432 g/mol. The smallest absolute Gasteiger partial charge is 0.413 e. The van der Waals surface area contributed by atoms with Gasteiger partial charge in [-0.15, -0.1) is 0 Å². The largest absolute Gasteiger partial charge is 0.453 e. The zero-order valence-corrected chi connectivity index (χ0v) is 14.8. The second-order valence-corrected chi connectivity index (χ2v) is 5.71. The molecule has 2 amide bonds. The number of imidazole rings is 1. The first kappa shape index (κ1) is 16.8. The third-order valence-electron chi connectivity index (χ3n) is 2.86. The highest BCUT2D eigenvalue weighted by atomic mass is 79.9. The van der Waals surface area contributed by atoms with Crippen molar-refractivity contribution in [3.63, 3.8) is 0 Å². The highest BCUT2D eigenvalue weighted by Crippen LogP contribution is 2.16. The van der Waals surface area contributed by atoms with Crippen LogP contribution in [0, 0.1) is 0 Å². The number of methoxy groups -OCH3 is 1. The van der Waals surface area contributed by atoms with Gasteiger partial charge in [-0.25, -0.2) is 9.78 Å². The molecule has 118 valence electrons. The van der Waals surface area contributed by atoms with E-state index in [0.29, 0.717) is 27.3 Å². The lowest BCUT2D eigenvalue weighted by atomic mass is 10.2. The summed E-state index contributed by atoms with van der Waals surface area (Å²) < 4.78 is 4.50. The molecule has 0 saturated carbocycles. The fourth-order valence-corrected chi connectivity index (χ4v) is 3.14. The number of carbonyl (C=O) groups is 2. The molecule has 0 spiro atoms. The number of ether oxygens (including phenoxy) is 1. The number of hydrogen-bond donors (Lipinski definition) is 3. The van der Waals surface area contributed by atoms with Crippen LogP contribution >= 0.6 is 31.9 Å². The van der Waals surface area contributed by atoms with E-state index in [1.54, 1.807) is 18.2 Å². The van der Waals surface area contributed by atoms with Gasteiger partial charge in [-0.2, -0.15) is 0 Å². The van der Waals surface area contributed by atoms with Crippen molar-refractivity contribution < 1.29 is 14.3 Å². The van der Waals surface area contributed by atoms with E-state index < -0.39 is 6.09 Å². The van der Waals surface area contributed by atoms with E-state index in [9.17, 15) is 9.59 Å². The van der Waals surface area contributed by atoms with Crippen LogP contribution in [0.15, 0.2) is 18.2 Å². The van der Waals surface area contributed by atoms with Gasteiger partial charge >= 0.3 is 6.09 Å². The molecule has 1 heterocycles. The molecule has 2 aromatic rings. The molecule has 2 rings (SSSR count). The van der Waals surface area contributed by atoms with Gasteiger partial charge in [0.2, 0.25) is 5.95 Å². The number of anilines is 1. The summed E-state index contributed by atoms with van der Waals surface area (Å²) in [6.45, 7) is 0. The molecule has 1 aromatic heterocycles. The van der Waals surface area contributed by atoms with Crippen LogP contribution in [0.25, 0.3) is 11.0 Å². The molecule has 9 heteroatoms. The summed E-state index contributed by atoms with van der Waals surface area (Å²) in [6, 6.07) is 5.07. The summed E-state index contributed by atoms with van der Waals surface area (Å²) in [5.74, 6) is 0.0843. The summed E-state index contributed by atoms with van der Waals surface area (Å²) in [6.07, 6.45) is -0.616. The Hall–Kier alpha value is -1.61. The fraction of sp³-hybridized carbons (Fsp3) is 0.308. The van der Waals surface area contributed by atoms with Gasteiger partial charge in [0, 0.05) is 22.3 Å². The number of aromatic amines is 1. The fourth-order valence-electron chi connectivity index (χ4n) is 1.74. The molecule has 0 aliphatic heterocycles. The predicted molar refractivity (Wildman–Crippen MR) is 91.0 cm³/mol. The van der Waals surface area contributed by atoms with Crippen molar-refractivity contribution in [3.05, 3.63) is 23.8 Å². The van der Waals surface area contributed by atoms with Crippen molar-refractivity contribution in [2.45, 2.75) is 6.04 Å². The van der Waals surface area contributed by atoms with E-state index in [1.165, 1.54) is 7.11 Å². The molecule has 0 saturated heterocycles. The molecule has 0 bridgehead atoms. The SMILES string of the molecule is COC(=O)Nc1nc2ccc(C(=O)NC(CBr)CBr)cc2[nH]1. The maximum absolute atomic E-state index is 12.2. The van der Waals surface area contributed by atoms with Crippen LogP contribution in [0.1, 0.15) is 10.4 Å². The highest BCUT2D eigenvalue weighted by molar-refractivity contribution is 9.09. The van der Waals surface area contributed by atoms with Crippen LogP contribution in [0.5, 0.6) is 0 Å². The van der Waals surface area contributed by atoms with Gasteiger partial charge in [-0.1, -0.05) is 31.9 Å². The van der Waals surface area contributed by atoms with Crippen molar-refractivity contribution in [1.82, 2.24) is 15.3 Å². The number of alkyl halides is 2. The molecule has 0 aliphatic rings. The van der Waals surface area contributed by atoms with E-state index in [0.717, 1.165) is 0 Å². The van der Waals surface area contributed by atoms with Crippen LogP contribution in [0.3, 0.4) is 0 Å². The van der Waals surface area contributed by atoms with Crippen LogP contribution in [0.4, 0.5) is 10.7 Å². The first-order valence-corrected chi connectivity index (χ1v) is 8.59. The number of fused-ring (bicyclic) bond motifs is 1. The lowest BCUT2D eigenvalue weighted by molar-refractivity contribution is 0.0944. The van der Waals surface area contributed by atoms with E-state index >= 15 is 0 Å². The minimum Gasteiger partial charge on any atom is -0.453 e. The Bertz CT molecular complexity index is 685. The van der Waals surface area contributed by atoms with Crippen molar-refractivity contribution in [2.24, 2.45) is 0 Å². The number of amides is 2. The number of hydrogen-bond acceptors (Lipinski definition) is 4. The van der Waals surface area contributed by atoms with Crippen molar-refractivity contribution in [3.8, 4) is 0 Å². The minimum atomic E-state index is -0.616. The Labute approximate surface area is 143 Å². The zero-order valence-electron chi connectivity index (χ0n) is 11.7. The van der Waals surface area contributed by atoms with Gasteiger partial charge in [0.15, 0.2) is 0 Å². The number of carbonyl (C=O) groups excluding carboxylic acids is 2. The first-order chi connectivity index (χ1) is 10.6. The number of rotatable bonds is 5. The van der Waals surface area contributed by atoms with Crippen LogP contribution in [0.2, 0.25) is 0 Å². The van der Waals surface area contributed by atoms with Gasteiger partial charge in [-0.3, -0.25) is 10.1 Å². The topological polar surface area (TPSA) is 96.1 Å². The van der Waals surface area contributed by atoms with Gasteiger partial charge in [0.05, 0.1) is 18.1 Å². The Morgan fingerprint density at radius 1 is 1.36 bits per heavy atom. The number of benzene rings is 1. The molecule has 0 atom stereocenters. The quantitative estimate of drug-likeness (QED) is 0.631. The van der Waals surface area contributed by atoms with E-state index in [2.05, 4.69) is 57.2 Å². The summed E-state index contributed by atoms with van der Waals surface area (Å²) in [5.41, 5.74) is 1.79. The number of aromatic nitrogens is 2. The Morgan fingerprint density at radius 3 is 2.73 bits per heavy atom. The summed E-state index contributed by atoms with van der Waals surface area (Å²) in [5, 5.41) is 6.64. The zero-order chi connectivity index (χ0) is 16.1. The van der Waals surface area contributed by atoms with Crippen LogP contribution < -0.4 is 10.6 Å². The van der Waals surface area contributed by atoms with E-state index in [-0.39, 0.29) is 17.9 Å². The molecule has 7 nitrogen and oxygen atoms in total. The van der Waals surface area contributed by atoms with Gasteiger partial charge in [0.25, 0.3) is 5.91 Å². The Kier molecular flexibility index (Phi) is 5.78.